The summed E-state index contributed by atoms with van der Waals surface area (Å²) < 4.78 is 0. The van der Waals surface area contributed by atoms with Crippen LogP contribution in [0, 0.1) is 6.92 Å². The maximum atomic E-state index is 12.6. The first-order valence-corrected chi connectivity index (χ1v) is 8.58. The lowest BCUT2D eigenvalue weighted by Gasteiger charge is -2.23. The number of carbonyl (C=O) groups is 1. The van der Waals surface area contributed by atoms with E-state index in [9.17, 15) is 4.79 Å². The molecule has 1 aromatic carbocycles. The minimum Gasteiger partial charge on any atom is -0.329 e. The van der Waals surface area contributed by atoms with Gasteiger partial charge in [0.05, 0.1) is 12.2 Å². The van der Waals surface area contributed by atoms with Gasteiger partial charge in [0.15, 0.2) is 0 Å². The average molecular weight is 340 g/mol. The SMILES string of the molecule is Cc1cccc(CN(CCN)C(=O)Nc2ccc(C(C)(C)C)cc2)n1. The van der Waals surface area contributed by atoms with Crippen LogP contribution in [0.3, 0.4) is 0 Å². The van der Waals surface area contributed by atoms with E-state index < -0.39 is 0 Å². The molecule has 1 aromatic heterocycles. The summed E-state index contributed by atoms with van der Waals surface area (Å²) in [6, 6.07) is 13.6. The van der Waals surface area contributed by atoms with Gasteiger partial charge < -0.3 is 16.0 Å². The van der Waals surface area contributed by atoms with E-state index in [0.29, 0.717) is 19.6 Å². The van der Waals surface area contributed by atoms with Crippen LogP contribution in [0.2, 0.25) is 0 Å². The van der Waals surface area contributed by atoms with Gasteiger partial charge in [-0.1, -0.05) is 39.0 Å². The topological polar surface area (TPSA) is 71.2 Å². The number of nitrogens with one attached hydrogen (secondary N) is 1. The molecule has 0 saturated carbocycles. The van der Waals surface area contributed by atoms with E-state index in [0.717, 1.165) is 17.1 Å². The average Bonchev–Trinajstić information content (AvgIpc) is 2.54. The number of hydrogen-bond acceptors (Lipinski definition) is 3. The normalized spacial score (nSPS) is 11.2. The molecule has 0 aliphatic heterocycles. The van der Waals surface area contributed by atoms with Gasteiger partial charge in [0.2, 0.25) is 0 Å². The summed E-state index contributed by atoms with van der Waals surface area (Å²) in [6.45, 7) is 9.75. The Hall–Kier alpha value is -2.40. The Morgan fingerprint density at radius 1 is 1.16 bits per heavy atom. The number of urea groups is 1. The minimum atomic E-state index is -0.169. The summed E-state index contributed by atoms with van der Waals surface area (Å²) in [5.74, 6) is 0. The Kier molecular flexibility index (Phi) is 6.15. The molecular weight excluding hydrogens is 312 g/mol. The van der Waals surface area contributed by atoms with Gasteiger partial charge in [0.1, 0.15) is 0 Å². The summed E-state index contributed by atoms with van der Waals surface area (Å²) in [5, 5.41) is 2.94. The molecule has 0 spiro atoms. The molecule has 0 radical (unpaired) electrons. The lowest BCUT2D eigenvalue weighted by Crippen LogP contribution is -2.38. The highest BCUT2D eigenvalue weighted by Crippen LogP contribution is 2.23. The molecule has 3 N–H and O–H groups in total. The second-order valence-corrected chi connectivity index (χ2v) is 7.24. The molecule has 0 bridgehead atoms. The zero-order valence-corrected chi connectivity index (χ0v) is 15.5. The van der Waals surface area contributed by atoms with Crippen LogP contribution in [-0.2, 0) is 12.0 Å². The number of amides is 2. The van der Waals surface area contributed by atoms with Gasteiger partial charge >= 0.3 is 6.03 Å². The molecule has 2 rings (SSSR count). The Morgan fingerprint density at radius 2 is 1.84 bits per heavy atom. The Morgan fingerprint density at radius 3 is 2.40 bits per heavy atom. The molecule has 134 valence electrons. The van der Waals surface area contributed by atoms with E-state index in [1.807, 2.05) is 49.4 Å². The van der Waals surface area contributed by atoms with Crippen LogP contribution in [0.5, 0.6) is 0 Å². The quantitative estimate of drug-likeness (QED) is 0.872. The number of pyridine rings is 1. The zero-order valence-electron chi connectivity index (χ0n) is 15.5. The van der Waals surface area contributed by atoms with Gasteiger partial charge in [0, 0.05) is 24.5 Å². The first-order chi connectivity index (χ1) is 11.8. The van der Waals surface area contributed by atoms with Gasteiger partial charge in [-0.2, -0.15) is 0 Å². The number of nitrogens with two attached hydrogens (primary N) is 1. The largest absolute Gasteiger partial charge is 0.329 e. The summed E-state index contributed by atoms with van der Waals surface area (Å²) in [4.78, 5) is 18.7. The van der Waals surface area contributed by atoms with E-state index in [1.54, 1.807) is 4.90 Å². The Balaban J connectivity index is 2.07. The molecule has 2 aromatic rings. The lowest BCUT2D eigenvalue weighted by atomic mass is 9.87. The van der Waals surface area contributed by atoms with E-state index in [-0.39, 0.29) is 11.4 Å². The summed E-state index contributed by atoms with van der Waals surface area (Å²) in [5.41, 5.74) is 9.55. The van der Waals surface area contributed by atoms with Crippen molar-refractivity contribution in [3.63, 3.8) is 0 Å². The third-order valence-electron chi connectivity index (χ3n) is 3.99. The molecule has 0 fully saturated rings. The molecule has 5 heteroatoms. The van der Waals surface area contributed by atoms with Crippen molar-refractivity contribution < 1.29 is 4.79 Å². The Labute approximate surface area is 150 Å². The van der Waals surface area contributed by atoms with E-state index in [1.165, 1.54) is 5.56 Å². The third-order valence-corrected chi connectivity index (χ3v) is 3.99. The van der Waals surface area contributed by atoms with Crippen molar-refractivity contribution in [3.05, 3.63) is 59.4 Å². The number of nitrogens with zero attached hydrogens (tertiary/aromatic N) is 2. The van der Waals surface area contributed by atoms with Crippen molar-refractivity contribution in [1.29, 1.82) is 0 Å². The maximum absolute atomic E-state index is 12.6. The number of hydrogen-bond donors (Lipinski definition) is 2. The van der Waals surface area contributed by atoms with Gasteiger partial charge in [-0.25, -0.2) is 4.79 Å². The van der Waals surface area contributed by atoms with E-state index in [4.69, 9.17) is 5.73 Å². The van der Waals surface area contributed by atoms with Gasteiger partial charge in [-0.15, -0.1) is 0 Å². The van der Waals surface area contributed by atoms with Crippen molar-refractivity contribution in [2.24, 2.45) is 5.73 Å². The van der Waals surface area contributed by atoms with Gasteiger partial charge in [0.25, 0.3) is 0 Å². The van der Waals surface area contributed by atoms with Gasteiger partial charge in [-0.3, -0.25) is 4.98 Å². The van der Waals surface area contributed by atoms with Crippen LogP contribution in [0.1, 0.15) is 37.7 Å². The van der Waals surface area contributed by atoms with E-state index in [2.05, 4.69) is 31.1 Å². The fraction of sp³-hybridized carbons (Fsp3) is 0.400. The monoisotopic (exact) mass is 340 g/mol. The fourth-order valence-corrected chi connectivity index (χ4v) is 2.55. The Bertz CT molecular complexity index is 704. The van der Waals surface area contributed by atoms with E-state index >= 15 is 0 Å². The third kappa shape index (κ3) is 5.57. The molecule has 2 amide bonds. The van der Waals surface area contributed by atoms with Crippen molar-refractivity contribution in [2.45, 2.75) is 39.7 Å². The van der Waals surface area contributed by atoms with Crippen LogP contribution < -0.4 is 11.1 Å². The number of aryl methyl sites for hydroxylation is 1. The highest BCUT2D eigenvalue weighted by Gasteiger charge is 2.16. The van der Waals surface area contributed by atoms with Crippen molar-refractivity contribution in [2.75, 3.05) is 18.4 Å². The predicted molar refractivity (Wildman–Crippen MR) is 103 cm³/mol. The number of benzene rings is 1. The first kappa shape index (κ1) is 18.9. The molecule has 5 nitrogen and oxygen atoms in total. The predicted octanol–water partition coefficient (Wildman–Crippen LogP) is 3.68. The summed E-state index contributed by atoms with van der Waals surface area (Å²) in [7, 11) is 0. The fourth-order valence-electron chi connectivity index (χ4n) is 2.55. The minimum absolute atomic E-state index is 0.0883. The molecule has 0 saturated heterocycles. The molecule has 0 atom stereocenters. The summed E-state index contributed by atoms with van der Waals surface area (Å²) in [6.07, 6.45) is 0. The van der Waals surface area contributed by atoms with Crippen molar-refractivity contribution in [1.82, 2.24) is 9.88 Å². The number of rotatable bonds is 5. The van der Waals surface area contributed by atoms with Crippen LogP contribution >= 0.6 is 0 Å². The summed E-state index contributed by atoms with van der Waals surface area (Å²) >= 11 is 0. The second kappa shape index (κ2) is 8.12. The molecule has 0 aliphatic rings. The first-order valence-electron chi connectivity index (χ1n) is 8.58. The van der Waals surface area contributed by atoms with Crippen LogP contribution in [0.4, 0.5) is 10.5 Å². The zero-order chi connectivity index (χ0) is 18.4. The lowest BCUT2D eigenvalue weighted by molar-refractivity contribution is 0.210. The highest BCUT2D eigenvalue weighted by molar-refractivity contribution is 5.89. The number of aromatic nitrogens is 1. The molecule has 0 unspecified atom stereocenters. The van der Waals surface area contributed by atoms with Crippen LogP contribution in [0.15, 0.2) is 42.5 Å². The molecule has 0 aliphatic carbocycles. The molecule has 1 heterocycles. The number of anilines is 1. The standard InChI is InChI=1S/C20H28N4O/c1-15-6-5-7-18(22-15)14-24(13-12-21)19(25)23-17-10-8-16(9-11-17)20(2,3)4/h5-11H,12-14,21H2,1-4H3,(H,23,25). The molecule has 25 heavy (non-hydrogen) atoms. The van der Waals surface area contributed by atoms with Crippen molar-refractivity contribution >= 4 is 11.7 Å². The molecular formula is C20H28N4O. The highest BCUT2D eigenvalue weighted by atomic mass is 16.2. The smallest absolute Gasteiger partial charge is 0.322 e. The maximum Gasteiger partial charge on any atom is 0.322 e. The second-order valence-electron chi connectivity index (χ2n) is 7.24. The van der Waals surface area contributed by atoms with Gasteiger partial charge in [-0.05, 0) is 42.2 Å². The van der Waals surface area contributed by atoms with Crippen molar-refractivity contribution in [3.8, 4) is 0 Å². The van der Waals surface area contributed by atoms with Crippen LogP contribution in [0.25, 0.3) is 0 Å². The number of carbonyl (C=O) groups excluding carboxylic acids is 1. The van der Waals surface area contributed by atoms with Crippen LogP contribution in [-0.4, -0.2) is 29.0 Å².